The summed E-state index contributed by atoms with van der Waals surface area (Å²) in [5.41, 5.74) is 0. The second-order valence-corrected chi connectivity index (χ2v) is 5.31. The number of ether oxygens (including phenoxy) is 1. The van der Waals surface area contributed by atoms with Gasteiger partial charge in [0.25, 0.3) is 0 Å². The highest BCUT2D eigenvalue weighted by Crippen LogP contribution is 2.23. The molecule has 1 saturated carbocycles. The van der Waals surface area contributed by atoms with Gasteiger partial charge in [0.1, 0.15) is 0 Å². The van der Waals surface area contributed by atoms with Crippen molar-refractivity contribution in [2.75, 3.05) is 12.4 Å². The molecule has 0 amide bonds. The molecule has 4 nitrogen and oxygen atoms in total. The molecule has 0 spiro atoms. The van der Waals surface area contributed by atoms with E-state index in [2.05, 4.69) is 4.72 Å². The van der Waals surface area contributed by atoms with E-state index in [1.54, 1.807) is 6.92 Å². The van der Waals surface area contributed by atoms with Crippen LogP contribution in [0.25, 0.3) is 0 Å². The van der Waals surface area contributed by atoms with Gasteiger partial charge < -0.3 is 4.74 Å². The minimum atomic E-state index is -3.02. The minimum Gasteiger partial charge on any atom is -0.378 e. The van der Waals surface area contributed by atoms with Gasteiger partial charge in [-0.1, -0.05) is 0 Å². The zero-order valence-electron chi connectivity index (χ0n) is 8.12. The molecule has 78 valence electrons. The van der Waals surface area contributed by atoms with Gasteiger partial charge >= 0.3 is 0 Å². The zero-order valence-corrected chi connectivity index (χ0v) is 8.93. The van der Waals surface area contributed by atoms with Crippen molar-refractivity contribution >= 4 is 10.0 Å². The first-order valence-corrected chi connectivity index (χ1v) is 6.34. The summed E-state index contributed by atoms with van der Waals surface area (Å²) < 4.78 is 30.2. The van der Waals surface area contributed by atoms with Crippen LogP contribution in [0.3, 0.4) is 0 Å². The summed E-state index contributed by atoms with van der Waals surface area (Å²) >= 11 is 0. The molecule has 13 heavy (non-hydrogen) atoms. The van der Waals surface area contributed by atoms with Crippen LogP contribution in [0, 0.1) is 0 Å². The number of rotatable bonds is 5. The Morgan fingerprint density at radius 1 is 1.38 bits per heavy atom. The maximum Gasteiger partial charge on any atom is 0.211 e. The average Bonchev–Trinajstić information content (AvgIpc) is 2.01. The van der Waals surface area contributed by atoms with Gasteiger partial charge in [-0.2, -0.15) is 0 Å². The molecule has 1 aliphatic carbocycles. The van der Waals surface area contributed by atoms with Crippen LogP contribution in [0.5, 0.6) is 0 Å². The van der Waals surface area contributed by atoms with E-state index < -0.39 is 10.0 Å². The minimum absolute atomic E-state index is 0.0986. The molecule has 1 aliphatic rings. The fourth-order valence-corrected chi connectivity index (χ4v) is 2.24. The molecule has 0 aromatic heterocycles. The van der Waals surface area contributed by atoms with Gasteiger partial charge in [0.15, 0.2) is 0 Å². The Hall–Kier alpha value is -0.130. The number of sulfonamides is 1. The van der Waals surface area contributed by atoms with Crippen molar-refractivity contribution in [3.63, 3.8) is 0 Å². The lowest BCUT2D eigenvalue weighted by Gasteiger charge is -2.34. The molecule has 0 aliphatic heterocycles. The van der Waals surface area contributed by atoms with Crippen molar-refractivity contribution in [1.29, 1.82) is 0 Å². The molecule has 0 unspecified atom stereocenters. The Bertz CT molecular complexity index is 244. The Labute approximate surface area is 79.7 Å². The van der Waals surface area contributed by atoms with Gasteiger partial charge in [-0.05, 0) is 26.7 Å². The second kappa shape index (κ2) is 4.39. The fourth-order valence-electron chi connectivity index (χ4n) is 1.37. The predicted molar refractivity (Wildman–Crippen MR) is 51.0 cm³/mol. The number of hydrogen-bond acceptors (Lipinski definition) is 3. The third kappa shape index (κ3) is 3.25. The first-order chi connectivity index (χ1) is 6.07. The van der Waals surface area contributed by atoms with Gasteiger partial charge in [-0.15, -0.1) is 0 Å². The third-order valence-corrected chi connectivity index (χ3v) is 3.68. The monoisotopic (exact) mass is 207 g/mol. The maximum atomic E-state index is 11.1. The molecule has 0 radical (unpaired) electrons. The van der Waals surface area contributed by atoms with E-state index >= 15 is 0 Å². The van der Waals surface area contributed by atoms with Crippen molar-refractivity contribution < 1.29 is 13.2 Å². The van der Waals surface area contributed by atoms with E-state index in [4.69, 9.17) is 4.74 Å². The molecule has 0 aromatic rings. The second-order valence-electron chi connectivity index (χ2n) is 3.27. The van der Waals surface area contributed by atoms with Crippen molar-refractivity contribution in [1.82, 2.24) is 4.72 Å². The summed E-state index contributed by atoms with van der Waals surface area (Å²) in [6.45, 7) is 4.29. The number of hydrogen-bond donors (Lipinski definition) is 1. The largest absolute Gasteiger partial charge is 0.378 e. The van der Waals surface area contributed by atoms with Gasteiger partial charge in [0.2, 0.25) is 10.0 Å². The van der Waals surface area contributed by atoms with Crippen LogP contribution >= 0.6 is 0 Å². The van der Waals surface area contributed by atoms with E-state index in [0.29, 0.717) is 6.61 Å². The van der Waals surface area contributed by atoms with E-state index in [0.717, 1.165) is 12.8 Å². The zero-order chi connectivity index (χ0) is 9.90. The Kier molecular flexibility index (Phi) is 3.70. The van der Waals surface area contributed by atoms with Gasteiger partial charge in [-0.3, -0.25) is 0 Å². The quantitative estimate of drug-likeness (QED) is 0.714. The average molecular weight is 207 g/mol. The lowest BCUT2D eigenvalue weighted by atomic mass is 9.90. The van der Waals surface area contributed by atoms with Crippen LogP contribution < -0.4 is 4.72 Å². The highest BCUT2D eigenvalue weighted by Gasteiger charge is 2.31. The standard InChI is InChI=1S/C8H17NO3S/c1-3-12-8-5-7(6-8)9-13(10,11)4-2/h7-9H,3-6H2,1-2H3. The van der Waals surface area contributed by atoms with Crippen LogP contribution in [0.1, 0.15) is 26.7 Å². The molecule has 0 aromatic carbocycles. The molecule has 1 fully saturated rings. The summed E-state index contributed by atoms with van der Waals surface area (Å²) in [7, 11) is -3.02. The predicted octanol–water partition coefficient (Wildman–Crippen LogP) is 0.493. The lowest BCUT2D eigenvalue weighted by Crippen LogP contribution is -2.48. The van der Waals surface area contributed by atoms with E-state index in [-0.39, 0.29) is 17.9 Å². The van der Waals surface area contributed by atoms with Crippen LogP contribution in [0.2, 0.25) is 0 Å². The first kappa shape index (κ1) is 10.9. The van der Waals surface area contributed by atoms with Crippen molar-refractivity contribution in [2.24, 2.45) is 0 Å². The summed E-state index contributed by atoms with van der Waals surface area (Å²) in [4.78, 5) is 0. The summed E-state index contributed by atoms with van der Waals surface area (Å²) in [5.74, 6) is 0.156. The normalized spacial score (nSPS) is 28.5. The molecule has 0 bridgehead atoms. The SMILES string of the molecule is CCOC1CC(NS(=O)(=O)CC)C1. The van der Waals surface area contributed by atoms with Gasteiger partial charge in [-0.25, -0.2) is 13.1 Å². The molecule has 1 rings (SSSR count). The molecule has 0 heterocycles. The smallest absolute Gasteiger partial charge is 0.211 e. The lowest BCUT2D eigenvalue weighted by molar-refractivity contribution is -0.00474. The van der Waals surface area contributed by atoms with Crippen LogP contribution in [0.15, 0.2) is 0 Å². The van der Waals surface area contributed by atoms with Crippen LogP contribution in [-0.2, 0) is 14.8 Å². The van der Waals surface area contributed by atoms with Crippen LogP contribution in [0.4, 0.5) is 0 Å². The van der Waals surface area contributed by atoms with Crippen molar-refractivity contribution in [3.8, 4) is 0 Å². The molecule has 5 heteroatoms. The van der Waals surface area contributed by atoms with Gasteiger partial charge in [0.05, 0.1) is 11.9 Å². The van der Waals surface area contributed by atoms with Crippen molar-refractivity contribution in [3.05, 3.63) is 0 Å². The van der Waals surface area contributed by atoms with Gasteiger partial charge in [0, 0.05) is 12.6 Å². The summed E-state index contributed by atoms with van der Waals surface area (Å²) in [6, 6.07) is 0.0986. The molecular weight excluding hydrogens is 190 g/mol. The Morgan fingerprint density at radius 2 is 2.00 bits per heavy atom. The third-order valence-electron chi connectivity index (χ3n) is 2.22. The number of nitrogens with one attached hydrogen (secondary N) is 1. The highest BCUT2D eigenvalue weighted by molar-refractivity contribution is 7.89. The van der Waals surface area contributed by atoms with Crippen molar-refractivity contribution in [2.45, 2.75) is 38.8 Å². The Balaban J connectivity index is 2.22. The first-order valence-electron chi connectivity index (χ1n) is 4.69. The highest BCUT2D eigenvalue weighted by atomic mass is 32.2. The fraction of sp³-hybridized carbons (Fsp3) is 1.00. The van der Waals surface area contributed by atoms with E-state index in [9.17, 15) is 8.42 Å². The molecule has 1 N–H and O–H groups in total. The van der Waals surface area contributed by atoms with Crippen LogP contribution in [-0.4, -0.2) is 32.9 Å². The molecule has 0 atom stereocenters. The summed E-state index contributed by atoms with van der Waals surface area (Å²) in [6.07, 6.45) is 1.88. The van der Waals surface area contributed by atoms with E-state index in [1.165, 1.54) is 0 Å². The van der Waals surface area contributed by atoms with E-state index in [1.807, 2.05) is 6.92 Å². The maximum absolute atomic E-state index is 11.1. The summed E-state index contributed by atoms with van der Waals surface area (Å²) in [5, 5.41) is 0. The molecular formula is C8H17NO3S. The topological polar surface area (TPSA) is 55.4 Å². The molecule has 0 saturated heterocycles. The Morgan fingerprint density at radius 3 is 2.46 bits per heavy atom.